The number of imidazole rings is 1. The smallest absolute Gasteiger partial charge is 0.408 e. The third kappa shape index (κ3) is 4.34. The number of carbonyl (C=O) groups excluding carboxylic acids is 1. The Kier molecular flexibility index (Phi) is 4.70. The van der Waals surface area contributed by atoms with Gasteiger partial charge in [0, 0.05) is 6.04 Å². The molecule has 2 unspecified atom stereocenters. The summed E-state index contributed by atoms with van der Waals surface area (Å²) in [5, 5.41) is 2.88. The molecule has 0 saturated heterocycles. The lowest BCUT2D eigenvalue weighted by atomic mass is 10.0. The number of rotatable bonds is 3. The number of amides is 1. The van der Waals surface area contributed by atoms with E-state index in [2.05, 4.69) is 27.0 Å². The van der Waals surface area contributed by atoms with Crippen molar-refractivity contribution in [2.75, 3.05) is 0 Å². The third-order valence-corrected chi connectivity index (χ3v) is 3.51. The molecule has 0 radical (unpaired) electrons. The molecule has 2 atom stereocenters. The number of allylic oxidation sites excluding steroid dienone is 2. The summed E-state index contributed by atoms with van der Waals surface area (Å²) in [6.45, 7) is 7.53. The average molecular weight is 291 g/mol. The first-order valence-electron chi connectivity index (χ1n) is 7.53. The van der Waals surface area contributed by atoms with Gasteiger partial charge in [-0.1, -0.05) is 12.2 Å². The maximum atomic E-state index is 11.9. The van der Waals surface area contributed by atoms with Gasteiger partial charge in [-0.25, -0.2) is 9.78 Å². The van der Waals surface area contributed by atoms with E-state index in [0.717, 1.165) is 25.0 Å². The molecule has 1 amide bonds. The molecule has 1 heterocycles. The summed E-state index contributed by atoms with van der Waals surface area (Å²) in [7, 11) is 0. The van der Waals surface area contributed by atoms with Crippen LogP contribution in [-0.4, -0.2) is 21.2 Å². The van der Waals surface area contributed by atoms with E-state index in [1.165, 1.54) is 0 Å². The van der Waals surface area contributed by atoms with Crippen molar-refractivity contribution in [1.82, 2.24) is 14.9 Å². The van der Waals surface area contributed by atoms with E-state index >= 15 is 0 Å². The SMILES string of the molecule is CC(NC(=O)OC(C)(C)C)c1cncn1C1CC=CCC1. The van der Waals surface area contributed by atoms with Crippen LogP contribution >= 0.6 is 0 Å². The number of carbonyl (C=O) groups is 1. The molecule has 0 saturated carbocycles. The van der Waals surface area contributed by atoms with E-state index in [1.54, 1.807) is 0 Å². The molecule has 1 aliphatic rings. The highest BCUT2D eigenvalue weighted by atomic mass is 16.6. The quantitative estimate of drug-likeness (QED) is 0.863. The van der Waals surface area contributed by atoms with Gasteiger partial charge >= 0.3 is 6.09 Å². The summed E-state index contributed by atoms with van der Waals surface area (Å²) >= 11 is 0. The van der Waals surface area contributed by atoms with Crippen molar-refractivity contribution in [3.8, 4) is 0 Å². The number of ether oxygens (including phenoxy) is 1. The summed E-state index contributed by atoms with van der Waals surface area (Å²) in [6.07, 6.45) is 10.9. The number of alkyl carbamates (subject to hydrolysis) is 1. The van der Waals surface area contributed by atoms with Crippen LogP contribution in [0.5, 0.6) is 0 Å². The zero-order valence-electron chi connectivity index (χ0n) is 13.3. The number of aromatic nitrogens is 2. The molecule has 0 spiro atoms. The summed E-state index contributed by atoms with van der Waals surface area (Å²) < 4.78 is 7.47. The van der Waals surface area contributed by atoms with Crippen molar-refractivity contribution in [3.05, 3.63) is 30.4 Å². The summed E-state index contributed by atoms with van der Waals surface area (Å²) in [6, 6.07) is 0.295. The summed E-state index contributed by atoms with van der Waals surface area (Å²) in [5.74, 6) is 0. The lowest BCUT2D eigenvalue weighted by Gasteiger charge is -2.25. The first-order valence-corrected chi connectivity index (χ1v) is 7.53. The molecule has 0 fully saturated rings. The van der Waals surface area contributed by atoms with Crippen LogP contribution in [-0.2, 0) is 4.74 Å². The molecule has 5 heteroatoms. The molecule has 0 aromatic carbocycles. The molecule has 2 rings (SSSR count). The standard InChI is InChI=1S/C16H25N3O2/c1-12(18-15(20)21-16(2,3)4)14-10-17-11-19(14)13-8-6-5-7-9-13/h5-6,10-13H,7-9H2,1-4H3,(H,18,20). The maximum absolute atomic E-state index is 11.9. The normalized spacial score (nSPS) is 20.1. The Morgan fingerprint density at radius 1 is 1.48 bits per heavy atom. The summed E-state index contributed by atoms with van der Waals surface area (Å²) in [4.78, 5) is 16.1. The van der Waals surface area contributed by atoms with Crippen LogP contribution in [0.4, 0.5) is 4.79 Å². The zero-order chi connectivity index (χ0) is 15.5. The van der Waals surface area contributed by atoms with E-state index in [1.807, 2.05) is 40.2 Å². The van der Waals surface area contributed by atoms with Crippen molar-refractivity contribution in [2.45, 2.75) is 64.6 Å². The Morgan fingerprint density at radius 2 is 2.24 bits per heavy atom. The predicted molar refractivity (Wildman–Crippen MR) is 82.0 cm³/mol. The fraction of sp³-hybridized carbons (Fsp3) is 0.625. The molecule has 0 aliphatic heterocycles. The molecular formula is C16H25N3O2. The second kappa shape index (κ2) is 6.33. The molecule has 0 bridgehead atoms. The molecule has 1 aromatic rings. The number of hydrogen-bond donors (Lipinski definition) is 1. The van der Waals surface area contributed by atoms with Crippen molar-refractivity contribution >= 4 is 6.09 Å². The van der Waals surface area contributed by atoms with Crippen LogP contribution in [0.1, 0.15) is 64.7 Å². The maximum Gasteiger partial charge on any atom is 0.408 e. The van der Waals surface area contributed by atoms with Crippen LogP contribution in [0.2, 0.25) is 0 Å². The van der Waals surface area contributed by atoms with E-state index in [-0.39, 0.29) is 6.04 Å². The third-order valence-electron chi connectivity index (χ3n) is 3.51. The molecule has 1 N–H and O–H groups in total. The van der Waals surface area contributed by atoms with Gasteiger partial charge in [0.15, 0.2) is 0 Å². The van der Waals surface area contributed by atoms with Crippen LogP contribution in [0.15, 0.2) is 24.7 Å². The fourth-order valence-corrected chi connectivity index (χ4v) is 2.54. The molecular weight excluding hydrogens is 266 g/mol. The first-order chi connectivity index (χ1) is 9.87. The van der Waals surface area contributed by atoms with Gasteiger partial charge in [-0.2, -0.15) is 0 Å². The van der Waals surface area contributed by atoms with Gasteiger partial charge in [0.25, 0.3) is 0 Å². The lowest BCUT2D eigenvalue weighted by Crippen LogP contribution is -2.34. The minimum atomic E-state index is -0.488. The highest BCUT2D eigenvalue weighted by Crippen LogP contribution is 2.27. The van der Waals surface area contributed by atoms with Gasteiger partial charge < -0.3 is 14.6 Å². The van der Waals surface area contributed by atoms with Gasteiger partial charge in [0.2, 0.25) is 0 Å². The Labute approximate surface area is 126 Å². The van der Waals surface area contributed by atoms with E-state index in [4.69, 9.17) is 4.74 Å². The molecule has 1 aliphatic carbocycles. The van der Waals surface area contributed by atoms with Gasteiger partial charge in [-0.15, -0.1) is 0 Å². The van der Waals surface area contributed by atoms with Gasteiger partial charge in [0.05, 0.1) is 24.3 Å². The van der Waals surface area contributed by atoms with Crippen LogP contribution in [0.25, 0.3) is 0 Å². The van der Waals surface area contributed by atoms with Crippen LogP contribution in [0, 0.1) is 0 Å². The second-order valence-electron chi connectivity index (χ2n) is 6.53. The lowest BCUT2D eigenvalue weighted by molar-refractivity contribution is 0.0505. The van der Waals surface area contributed by atoms with E-state index in [0.29, 0.717) is 6.04 Å². The highest BCUT2D eigenvalue weighted by Gasteiger charge is 2.22. The molecule has 1 aromatic heterocycles. The summed E-state index contributed by atoms with van der Waals surface area (Å²) in [5.41, 5.74) is 0.527. The topological polar surface area (TPSA) is 56.1 Å². The van der Waals surface area contributed by atoms with Crippen molar-refractivity contribution in [2.24, 2.45) is 0 Å². The van der Waals surface area contributed by atoms with Gasteiger partial charge in [0.1, 0.15) is 5.60 Å². The Balaban J connectivity index is 2.03. The van der Waals surface area contributed by atoms with Crippen LogP contribution in [0.3, 0.4) is 0 Å². The van der Waals surface area contributed by atoms with E-state index < -0.39 is 11.7 Å². The second-order valence-corrected chi connectivity index (χ2v) is 6.53. The van der Waals surface area contributed by atoms with Crippen LogP contribution < -0.4 is 5.32 Å². The predicted octanol–water partition coefficient (Wildman–Crippen LogP) is 3.75. The monoisotopic (exact) mass is 291 g/mol. The molecule has 116 valence electrons. The first kappa shape index (κ1) is 15.6. The van der Waals surface area contributed by atoms with Gasteiger partial charge in [-0.05, 0) is 47.0 Å². The molecule has 5 nitrogen and oxygen atoms in total. The Hall–Kier alpha value is -1.78. The Morgan fingerprint density at radius 3 is 2.86 bits per heavy atom. The van der Waals surface area contributed by atoms with Crippen molar-refractivity contribution < 1.29 is 9.53 Å². The van der Waals surface area contributed by atoms with Crippen molar-refractivity contribution in [1.29, 1.82) is 0 Å². The number of nitrogens with one attached hydrogen (secondary N) is 1. The molecule has 21 heavy (non-hydrogen) atoms. The van der Waals surface area contributed by atoms with Crippen molar-refractivity contribution in [3.63, 3.8) is 0 Å². The Bertz CT molecular complexity index is 514. The largest absolute Gasteiger partial charge is 0.444 e. The van der Waals surface area contributed by atoms with Gasteiger partial charge in [-0.3, -0.25) is 0 Å². The minimum Gasteiger partial charge on any atom is -0.444 e. The average Bonchev–Trinajstić information content (AvgIpc) is 2.86. The number of hydrogen-bond acceptors (Lipinski definition) is 3. The van der Waals surface area contributed by atoms with E-state index in [9.17, 15) is 4.79 Å². The fourth-order valence-electron chi connectivity index (χ4n) is 2.54. The minimum absolute atomic E-state index is 0.131. The number of nitrogens with zero attached hydrogens (tertiary/aromatic N) is 2. The zero-order valence-corrected chi connectivity index (χ0v) is 13.3. The highest BCUT2D eigenvalue weighted by molar-refractivity contribution is 5.68.